The van der Waals surface area contributed by atoms with Gasteiger partial charge in [-0.25, -0.2) is 9.37 Å². The SMILES string of the molecule is O=C(NCc1ccc(F)c(Cl)c1)c1cnc(Cl)c(Cl)c1. The second-order valence-electron chi connectivity index (χ2n) is 3.93. The van der Waals surface area contributed by atoms with Gasteiger partial charge in [0.2, 0.25) is 0 Å². The lowest BCUT2D eigenvalue weighted by atomic mass is 10.2. The number of hydrogen-bond donors (Lipinski definition) is 1. The first-order valence-electron chi connectivity index (χ1n) is 5.50. The van der Waals surface area contributed by atoms with Crippen molar-refractivity contribution in [1.29, 1.82) is 0 Å². The first-order valence-corrected chi connectivity index (χ1v) is 6.64. The van der Waals surface area contributed by atoms with Gasteiger partial charge in [-0.2, -0.15) is 0 Å². The van der Waals surface area contributed by atoms with Crippen LogP contribution in [0.2, 0.25) is 15.2 Å². The van der Waals surface area contributed by atoms with Crippen LogP contribution in [0.15, 0.2) is 30.5 Å². The third kappa shape index (κ3) is 3.60. The smallest absolute Gasteiger partial charge is 0.253 e. The predicted octanol–water partition coefficient (Wildman–Crippen LogP) is 4.11. The summed E-state index contributed by atoms with van der Waals surface area (Å²) in [4.78, 5) is 15.7. The van der Waals surface area contributed by atoms with Crippen LogP contribution in [0.1, 0.15) is 15.9 Å². The Morgan fingerprint density at radius 1 is 1.20 bits per heavy atom. The highest BCUT2D eigenvalue weighted by molar-refractivity contribution is 6.41. The first kappa shape index (κ1) is 15.0. The van der Waals surface area contributed by atoms with Crippen LogP contribution in [0.5, 0.6) is 0 Å². The lowest BCUT2D eigenvalue weighted by Gasteiger charge is -2.06. The lowest BCUT2D eigenvalue weighted by Crippen LogP contribution is -2.23. The zero-order chi connectivity index (χ0) is 14.7. The Morgan fingerprint density at radius 2 is 1.95 bits per heavy atom. The quantitative estimate of drug-likeness (QED) is 0.859. The van der Waals surface area contributed by atoms with E-state index in [-0.39, 0.29) is 33.2 Å². The molecule has 0 aliphatic heterocycles. The average molecular weight is 334 g/mol. The van der Waals surface area contributed by atoms with Gasteiger partial charge in [0.25, 0.3) is 5.91 Å². The number of aromatic nitrogens is 1. The van der Waals surface area contributed by atoms with Gasteiger partial charge in [0, 0.05) is 12.7 Å². The van der Waals surface area contributed by atoms with Crippen molar-refractivity contribution in [3.8, 4) is 0 Å². The monoisotopic (exact) mass is 332 g/mol. The van der Waals surface area contributed by atoms with Gasteiger partial charge >= 0.3 is 0 Å². The molecule has 0 unspecified atom stereocenters. The first-order chi connectivity index (χ1) is 9.47. The molecule has 2 aromatic rings. The Kier molecular flexibility index (Phi) is 4.81. The number of amides is 1. The molecule has 2 rings (SSSR count). The molecule has 0 saturated carbocycles. The second kappa shape index (κ2) is 6.39. The van der Waals surface area contributed by atoms with Crippen molar-refractivity contribution in [2.24, 2.45) is 0 Å². The van der Waals surface area contributed by atoms with Crippen LogP contribution < -0.4 is 5.32 Å². The molecule has 1 aromatic heterocycles. The molecular weight excluding hydrogens is 326 g/mol. The van der Waals surface area contributed by atoms with Crippen LogP contribution in [0.25, 0.3) is 0 Å². The van der Waals surface area contributed by atoms with Gasteiger partial charge in [-0.3, -0.25) is 4.79 Å². The van der Waals surface area contributed by atoms with Gasteiger partial charge in [-0.15, -0.1) is 0 Å². The summed E-state index contributed by atoms with van der Waals surface area (Å²) in [5, 5.41) is 2.99. The van der Waals surface area contributed by atoms with Crippen LogP contribution in [0.3, 0.4) is 0 Å². The maximum atomic E-state index is 13.0. The number of nitrogens with zero attached hydrogens (tertiary/aromatic N) is 1. The minimum Gasteiger partial charge on any atom is -0.348 e. The van der Waals surface area contributed by atoms with Crippen LogP contribution in [0.4, 0.5) is 4.39 Å². The van der Waals surface area contributed by atoms with Gasteiger partial charge in [-0.1, -0.05) is 40.9 Å². The Balaban J connectivity index is 2.04. The van der Waals surface area contributed by atoms with Crippen LogP contribution in [-0.2, 0) is 6.54 Å². The van der Waals surface area contributed by atoms with Crippen LogP contribution >= 0.6 is 34.8 Å². The number of carbonyl (C=O) groups is 1. The molecule has 0 bridgehead atoms. The summed E-state index contributed by atoms with van der Waals surface area (Å²) in [5.41, 5.74) is 0.963. The molecule has 104 valence electrons. The molecule has 0 atom stereocenters. The van der Waals surface area contributed by atoms with Gasteiger partial charge in [-0.05, 0) is 23.8 Å². The highest BCUT2D eigenvalue weighted by atomic mass is 35.5. The van der Waals surface area contributed by atoms with Crippen LogP contribution in [0, 0.1) is 5.82 Å². The van der Waals surface area contributed by atoms with E-state index in [4.69, 9.17) is 34.8 Å². The fraction of sp³-hybridized carbons (Fsp3) is 0.0769. The summed E-state index contributed by atoms with van der Waals surface area (Å²) in [6.45, 7) is 0.207. The molecular formula is C13H8Cl3FN2O. The summed E-state index contributed by atoms with van der Waals surface area (Å²) in [6.07, 6.45) is 1.32. The summed E-state index contributed by atoms with van der Waals surface area (Å²) < 4.78 is 13.0. The fourth-order valence-corrected chi connectivity index (χ4v) is 1.95. The number of rotatable bonds is 3. The second-order valence-corrected chi connectivity index (χ2v) is 5.10. The van der Waals surface area contributed by atoms with E-state index < -0.39 is 5.82 Å². The van der Waals surface area contributed by atoms with Crippen molar-refractivity contribution in [3.63, 3.8) is 0 Å². The number of nitrogens with one attached hydrogen (secondary N) is 1. The zero-order valence-electron chi connectivity index (χ0n) is 9.96. The summed E-state index contributed by atoms with van der Waals surface area (Å²) in [6, 6.07) is 5.65. The molecule has 7 heteroatoms. The topological polar surface area (TPSA) is 42.0 Å². The van der Waals surface area contributed by atoms with Gasteiger partial charge < -0.3 is 5.32 Å². The molecule has 20 heavy (non-hydrogen) atoms. The third-order valence-corrected chi connectivity index (χ3v) is 3.47. The molecule has 0 saturated heterocycles. The Morgan fingerprint density at radius 3 is 2.60 bits per heavy atom. The molecule has 1 aromatic carbocycles. The highest BCUT2D eigenvalue weighted by Gasteiger charge is 2.09. The Bertz CT molecular complexity index is 664. The van der Waals surface area contributed by atoms with E-state index in [9.17, 15) is 9.18 Å². The fourth-order valence-electron chi connectivity index (χ4n) is 1.48. The minimum atomic E-state index is -0.504. The van der Waals surface area contributed by atoms with Gasteiger partial charge in [0.1, 0.15) is 11.0 Å². The maximum absolute atomic E-state index is 13.0. The summed E-state index contributed by atoms with van der Waals surface area (Å²) >= 11 is 17.1. The van der Waals surface area contributed by atoms with Crippen molar-refractivity contribution in [3.05, 3.63) is 62.6 Å². The van der Waals surface area contributed by atoms with Crippen molar-refractivity contribution in [2.75, 3.05) is 0 Å². The van der Waals surface area contributed by atoms with E-state index >= 15 is 0 Å². The van der Waals surface area contributed by atoms with E-state index in [1.54, 1.807) is 0 Å². The molecule has 1 heterocycles. The van der Waals surface area contributed by atoms with Crippen LogP contribution in [-0.4, -0.2) is 10.9 Å². The Labute approximate surface area is 129 Å². The minimum absolute atomic E-state index is 0.00736. The van der Waals surface area contributed by atoms with E-state index in [0.29, 0.717) is 5.56 Å². The number of hydrogen-bond acceptors (Lipinski definition) is 2. The van der Waals surface area contributed by atoms with Gasteiger partial charge in [0.15, 0.2) is 0 Å². The highest BCUT2D eigenvalue weighted by Crippen LogP contribution is 2.20. The van der Waals surface area contributed by atoms with Crippen molar-refractivity contribution >= 4 is 40.7 Å². The molecule has 0 fully saturated rings. The molecule has 1 amide bonds. The molecule has 0 aliphatic rings. The molecule has 0 spiro atoms. The number of halogens is 4. The van der Waals surface area contributed by atoms with E-state index in [1.807, 2.05) is 0 Å². The normalized spacial score (nSPS) is 10.4. The Hall–Kier alpha value is -1.36. The van der Waals surface area contributed by atoms with Gasteiger partial charge in [0.05, 0.1) is 15.6 Å². The summed E-state index contributed by atoms with van der Waals surface area (Å²) in [7, 11) is 0. The number of benzene rings is 1. The molecule has 0 aliphatic carbocycles. The lowest BCUT2D eigenvalue weighted by molar-refractivity contribution is 0.0950. The van der Waals surface area contributed by atoms with E-state index in [2.05, 4.69) is 10.3 Å². The van der Waals surface area contributed by atoms with E-state index in [1.165, 1.54) is 30.5 Å². The van der Waals surface area contributed by atoms with Crippen molar-refractivity contribution in [2.45, 2.75) is 6.54 Å². The number of pyridine rings is 1. The predicted molar refractivity (Wildman–Crippen MR) is 76.8 cm³/mol. The van der Waals surface area contributed by atoms with E-state index in [0.717, 1.165) is 0 Å². The largest absolute Gasteiger partial charge is 0.348 e. The maximum Gasteiger partial charge on any atom is 0.253 e. The third-order valence-electron chi connectivity index (χ3n) is 2.50. The molecule has 1 N–H and O–H groups in total. The van der Waals surface area contributed by atoms with Crippen molar-refractivity contribution < 1.29 is 9.18 Å². The average Bonchev–Trinajstić information content (AvgIpc) is 2.43. The summed E-state index contributed by atoms with van der Waals surface area (Å²) in [5.74, 6) is -0.869. The zero-order valence-corrected chi connectivity index (χ0v) is 12.2. The standard InChI is InChI=1S/C13H8Cl3FN2O/c14-9-3-7(1-2-11(9)17)5-19-13(20)8-4-10(15)12(16)18-6-8/h1-4,6H,5H2,(H,19,20). The molecule has 0 radical (unpaired) electrons. The number of carbonyl (C=O) groups excluding carboxylic acids is 1. The molecule has 3 nitrogen and oxygen atoms in total. The van der Waals surface area contributed by atoms with Crippen molar-refractivity contribution in [1.82, 2.24) is 10.3 Å².